The van der Waals surface area contributed by atoms with Gasteiger partial charge in [0.05, 0.1) is 37.7 Å². The molecular weight excluding hydrogens is 602 g/mol. The van der Waals surface area contributed by atoms with Gasteiger partial charge in [-0.25, -0.2) is 19.3 Å². The van der Waals surface area contributed by atoms with Crippen molar-refractivity contribution < 1.29 is 28.6 Å². The molecule has 47 heavy (non-hydrogen) atoms. The maximum absolute atomic E-state index is 13.7. The summed E-state index contributed by atoms with van der Waals surface area (Å²) in [6.07, 6.45) is 0.636. The van der Waals surface area contributed by atoms with Crippen LogP contribution in [0.5, 0.6) is 5.88 Å². The summed E-state index contributed by atoms with van der Waals surface area (Å²) >= 11 is 0. The quantitative estimate of drug-likeness (QED) is 0.217. The van der Waals surface area contributed by atoms with Gasteiger partial charge in [-0.3, -0.25) is 20.3 Å². The molecule has 0 radical (unpaired) electrons. The third kappa shape index (κ3) is 7.76. The molecule has 2 aromatic heterocycles. The largest absolute Gasteiger partial charge is 0.480 e. The van der Waals surface area contributed by atoms with Crippen molar-refractivity contribution in [2.75, 3.05) is 52.4 Å². The van der Waals surface area contributed by atoms with Crippen molar-refractivity contribution in [3.8, 4) is 22.8 Å². The van der Waals surface area contributed by atoms with E-state index in [4.69, 9.17) is 19.3 Å². The number of urea groups is 1. The van der Waals surface area contributed by atoms with E-state index in [0.717, 1.165) is 18.7 Å². The van der Waals surface area contributed by atoms with E-state index in [1.165, 1.54) is 19.4 Å². The highest BCUT2D eigenvalue weighted by atomic mass is 16.5. The molecule has 1 saturated heterocycles. The van der Waals surface area contributed by atoms with Gasteiger partial charge in [-0.05, 0) is 37.6 Å². The maximum atomic E-state index is 13.7. The fourth-order valence-corrected chi connectivity index (χ4v) is 5.69. The van der Waals surface area contributed by atoms with Gasteiger partial charge in [-0.1, -0.05) is 48.5 Å². The zero-order chi connectivity index (χ0) is 33.3. The Hall–Kier alpha value is -5.27. The molecule has 0 bridgehead atoms. The van der Waals surface area contributed by atoms with Crippen LogP contribution in [0.15, 0.2) is 72.9 Å². The van der Waals surface area contributed by atoms with Crippen molar-refractivity contribution in [3.63, 3.8) is 0 Å². The van der Waals surface area contributed by atoms with Gasteiger partial charge in [-0.2, -0.15) is 5.10 Å². The lowest BCUT2D eigenvalue weighted by molar-refractivity contribution is 0.0921. The van der Waals surface area contributed by atoms with Crippen molar-refractivity contribution in [1.82, 2.24) is 30.3 Å². The van der Waals surface area contributed by atoms with Crippen LogP contribution in [0, 0.1) is 6.92 Å². The SMILES string of the molecule is CCOC(=O)NC(=O)c1cc(-c2nn(-c3ccccc3)c(NC(=O)N[C@@H]3CN(CCOC)C[C@H]3c3ccccc3)c2C)cnc1OC. The number of hydrogen-bond acceptors (Lipinski definition) is 9. The number of benzene rings is 2. The average molecular weight is 642 g/mol. The van der Waals surface area contributed by atoms with Gasteiger partial charge < -0.3 is 19.5 Å². The second kappa shape index (κ2) is 15.3. The molecule has 5 rings (SSSR count). The van der Waals surface area contributed by atoms with Gasteiger partial charge in [0.15, 0.2) is 0 Å². The Labute approximate surface area is 273 Å². The molecule has 2 aromatic carbocycles. The van der Waals surface area contributed by atoms with E-state index in [1.54, 1.807) is 18.7 Å². The van der Waals surface area contributed by atoms with Crippen LogP contribution >= 0.6 is 0 Å². The smallest absolute Gasteiger partial charge is 0.414 e. The summed E-state index contributed by atoms with van der Waals surface area (Å²) in [5.41, 5.74) is 3.47. The second-order valence-corrected chi connectivity index (χ2v) is 11.0. The van der Waals surface area contributed by atoms with Crippen LogP contribution in [0.25, 0.3) is 16.9 Å². The number of likely N-dealkylation sites (tertiary alicyclic amines) is 1. The van der Waals surface area contributed by atoms with Crippen molar-refractivity contribution in [2.24, 2.45) is 0 Å². The van der Waals surface area contributed by atoms with E-state index in [0.29, 0.717) is 41.5 Å². The van der Waals surface area contributed by atoms with Crippen LogP contribution in [-0.4, -0.2) is 90.8 Å². The van der Waals surface area contributed by atoms with Crippen molar-refractivity contribution >= 4 is 23.8 Å². The summed E-state index contributed by atoms with van der Waals surface area (Å²) in [7, 11) is 3.06. The van der Waals surface area contributed by atoms with Crippen LogP contribution in [0.2, 0.25) is 0 Å². The highest BCUT2D eigenvalue weighted by Crippen LogP contribution is 2.33. The maximum Gasteiger partial charge on any atom is 0.414 e. The van der Waals surface area contributed by atoms with Gasteiger partial charge >= 0.3 is 12.1 Å². The number of alkyl carbamates (subject to hydrolysis) is 1. The number of aromatic nitrogens is 3. The molecule has 1 fully saturated rings. The highest BCUT2D eigenvalue weighted by molar-refractivity contribution is 6.05. The number of nitrogens with zero attached hydrogens (tertiary/aromatic N) is 4. The molecule has 0 aliphatic carbocycles. The lowest BCUT2D eigenvalue weighted by atomic mass is 9.94. The van der Waals surface area contributed by atoms with Gasteiger partial charge in [0.1, 0.15) is 11.4 Å². The van der Waals surface area contributed by atoms with E-state index >= 15 is 0 Å². The predicted octanol–water partition coefficient (Wildman–Crippen LogP) is 4.37. The number of pyridine rings is 1. The highest BCUT2D eigenvalue weighted by Gasteiger charge is 2.35. The number of methoxy groups -OCH3 is 2. The summed E-state index contributed by atoms with van der Waals surface area (Å²) in [5.74, 6) is -0.171. The zero-order valence-corrected chi connectivity index (χ0v) is 26.9. The Bertz CT molecular complexity index is 1700. The molecule has 0 spiro atoms. The molecular formula is C34H39N7O6. The van der Waals surface area contributed by atoms with Crippen molar-refractivity contribution in [1.29, 1.82) is 0 Å². The Morgan fingerprint density at radius 1 is 1.00 bits per heavy atom. The number of carbonyl (C=O) groups excluding carboxylic acids is 3. The first-order valence-electron chi connectivity index (χ1n) is 15.3. The molecule has 1 aliphatic heterocycles. The number of hydrogen-bond donors (Lipinski definition) is 3. The van der Waals surface area contributed by atoms with Crippen molar-refractivity contribution in [2.45, 2.75) is 25.8 Å². The van der Waals surface area contributed by atoms with E-state index in [1.807, 2.05) is 55.5 Å². The number of imide groups is 1. The van der Waals surface area contributed by atoms with Gasteiger partial charge in [0.2, 0.25) is 5.88 Å². The monoisotopic (exact) mass is 641 g/mol. The molecule has 3 heterocycles. The molecule has 246 valence electrons. The van der Waals surface area contributed by atoms with Gasteiger partial charge in [0, 0.05) is 50.0 Å². The number of rotatable bonds is 11. The average Bonchev–Trinajstić information content (AvgIpc) is 3.64. The molecule has 4 amide bonds. The summed E-state index contributed by atoms with van der Waals surface area (Å²) < 4.78 is 17.1. The lowest BCUT2D eigenvalue weighted by Gasteiger charge is -2.21. The molecule has 1 aliphatic rings. The third-order valence-corrected chi connectivity index (χ3v) is 7.96. The Balaban J connectivity index is 1.45. The van der Waals surface area contributed by atoms with E-state index in [2.05, 4.69) is 38.0 Å². The first-order valence-corrected chi connectivity index (χ1v) is 15.3. The number of anilines is 1. The van der Waals surface area contributed by atoms with Gasteiger partial charge in [0.25, 0.3) is 5.91 Å². The molecule has 0 saturated carbocycles. The summed E-state index contributed by atoms with van der Waals surface area (Å²) in [5, 5.41) is 13.3. The summed E-state index contributed by atoms with van der Waals surface area (Å²) in [4.78, 5) is 45.2. The number of para-hydroxylation sites is 1. The predicted molar refractivity (Wildman–Crippen MR) is 176 cm³/mol. The number of nitrogens with one attached hydrogen (secondary N) is 3. The topological polar surface area (TPSA) is 149 Å². The normalized spacial score (nSPS) is 16.0. The molecule has 3 N–H and O–H groups in total. The number of amides is 4. The van der Waals surface area contributed by atoms with E-state index in [9.17, 15) is 14.4 Å². The van der Waals surface area contributed by atoms with Crippen LogP contribution in [-0.2, 0) is 9.47 Å². The third-order valence-electron chi connectivity index (χ3n) is 7.96. The fraction of sp³-hybridized carbons (Fsp3) is 0.324. The number of ether oxygens (including phenoxy) is 3. The first-order chi connectivity index (χ1) is 22.8. The molecule has 2 atom stereocenters. The van der Waals surface area contributed by atoms with Crippen LogP contribution in [0.3, 0.4) is 0 Å². The van der Waals surface area contributed by atoms with Crippen molar-refractivity contribution in [3.05, 3.63) is 89.6 Å². The molecule has 4 aromatic rings. The molecule has 13 heteroatoms. The van der Waals surface area contributed by atoms with Crippen LogP contribution in [0.1, 0.15) is 34.3 Å². The Kier molecular flexibility index (Phi) is 10.8. The zero-order valence-electron chi connectivity index (χ0n) is 26.9. The minimum Gasteiger partial charge on any atom is -0.480 e. The van der Waals surface area contributed by atoms with Crippen LogP contribution < -0.4 is 20.7 Å². The summed E-state index contributed by atoms with van der Waals surface area (Å²) in [6, 6.07) is 20.6. The second-order valence-electron chi connectivity index (χ2n) is 11.0. The van der Waals surface area contributed by atoms with Crippen LogP contribution in [0.4, 0.5) is 15.4 Å². The standard InChI is InChI=1S/C34H39N7O6/c1-5-47-34(44)38-31(42)26-18-24(19-35-32(26)46-4)29-22(2)30(41(39-29)25-14-10-7-11-15-25)37-33(43)36-28-21-40(16-17-45-3)20-27(28)23-12-8-6-9-13-23/h6-15,18-19,27-28H,5,16-17,20-21H2,1-4H3,(H2,36,37,43)(H,38,42,44)/t27-,28+/m0/s1. The first kappa shape index (κ1) is 33.1. The molecule has 13 nitrogen and oxygen atoms in total. The lowest BCUT2D eigenvalue weighted by Crippen LogP contribution is -2.42. The van der Waals surface area contributed by atoms with E-state index < -0.39 is 12.0 Å². The van der Waals surface area contributed by atoms with E-state index in [-0.39, 0.29) is 36.0 Å². The molecule has 0 unspecified atom stereocenters. The van der Waals surface area contributed by atoms with Gasteiger partial charge in [-0.15, -0.1) is 0 Å². The fourth-order valence-electron chi connectivity index (χ4n) is 5.69. The Morgan fingerprint density at radius 3 is 2.40 bits per heavy atom. The minimum atomic E-state index is -0.884. The minimum absolute atomic E-state index is 0.0187. The summed E-state index contributed by atoms with van der Waals surface area (Å²) in [6.45, 7) is 6.40. The Morgan fingerprint density at radius 2 is 1.72 bits per heavy atom. The number of carbonyl (C=O) groups is 3.